The molecular formula is C16H20FN5O2. The fourth-order valence-electron chi connectivity index (χ4n) is 3.27. The lowest BCUT2D eigenvalue weighted by Gasteiger charge is -2.26. The second-order valence-electron chi connectivity index (χ2n) is 6.48. The van der Waals surface area contributed by atoms with E-state index in [2.05, 4.69) is 24.0 Å². The number of anilines is 1. The van der Waals surface area contributed by atoms with Crippen LogP contribution in [0.25, 0.3) is 0 Å². The summed E-state index contributed by atoms with van der Waals surface area (Å²) in [5.74, 6) is 0.638. The van der Waals surface area contributed by atoms with E-state index < -0.39 is 10.7 Å². The number of rotatable bonds is 5. The zero-order chi connectivity index (χ0) is 17.3. The number of halogens is 1. The highest BCUT2D eigenvalue weighted by atomic mass is 19.1. The molecule has 1 saturated heterocycles. The summed E-state index contributed by atoms with van der Waals surface area (Å²) >= 11 is 0. The Bertz CT molecular complexity index is 746. The summed E-state index contributed by atoms with van der Waals surface area (Å²) in [4.78, 5) is 12.7. The molecule has 1 unspecified atom stereocenters. The van der Waals surface area contributed by atoms with Gasteiger partial charge in [0, 0.05) is 13.1 Å². The second-order valence-corrected chi connectivity index (χ2v) is 6.48. The van der Waals surface area contributed by atoms with Crippen LogP contribution >= 0.6 is 0 Å². The maximum atomic E-state index is 13.4. The first-order valence-electron chi connectivity index (χ1n) is 8.05. The molecule has 0 aliphatic carbocycles. The largest absolute Gasteiger partial charge is 0.356 e. The van der Waals surface area contributed by atoms with Gasteiger partial charge in [0.25, 0.3) is 5.69 Å². The summed E-state index contributed by atoms with van der Waals surface area (Å²) in [7, 11) is 0. The fourth-order valence-corrected chi connectivity index (χ4v) is 3.27. The van der Waals surface area contributed by atoms with Crippen LogP contribution in [0.4, 0.5) is 15.8 Å². The predicted octanol–water partition coefficient (Wildman–Crippen LogP) is 3.32. The first-order valence-corrected chi connectivity index (χ1v) is 8.05. The quantitative estimate of drug-likeness (QED) is 0.619. The number of hydrogen-bond donors (Lipinski definition) is 0. The third-order valence-corrected chi connectivity index (χ3v) is 4.20. The molecule has 1 aromatic carbocycles. The Kier molecular flexibility index (Phi) is 4.46. The number of hydrogen-bond acceptors (Lipinski definition) is 5. The minimum atomic E-state index is -0.607. The third kappa shape index (κ3) is 3.08. The Morgan fingerprint density at radius 3 is 2.96 bits per heavy atom. The van der Waals surface area contributed by atoms with Crippen LogP contribution in [0.1, 0.15) is 38.6 Å². The standard InChI is InChI=1S/C16H20FN5O2/c1-11(2)9-20-10-18-19-16(20)14-4-3-7-21(14)13-6-5-12(17)8-15(13)22(23)24/h5-6,8,10-11,14H,3-4,7,9H2,1-2H3. The molecule has 0 N–H and O–H groups in total. The summed E-state index contributed by atoms with van der Waals surface area (Å²) < 4.78 is 15.4. The van der Waals surface area contributed by atoms with E-state index in [-0.39, 0.29) is 11.7 Å². The van der Waals surface area contributed by atoms with Gasteiger partial charge in [-0.1, -0.05) is 13.8 Å². The molecule has 0 saturated carbocycles. The van der Waals surface area contributed by atoms with Gasteiger partial charge in [0.15, 0.2) is 5.82 Å². The van der Waals surface area contributed by atoms with E-state index in [9.17, 15) is 14.5 Å². The van der Waals surface area contributed by atoms with E-state index in [0.717, 1.165) is 31.3 Å². The molecule has 1 fully saturated rings. The van der Waals surface area contributed by atoms with Crippen molar-refractivity contribution in [2.24, 2.45) is 5.92 Å². The molecule has 7 nitrogen and oxygen atoms in total. The molecular weight excluding hydrogens is 313 g/mol. The predicted molar refractivity (Wildman–Crippen MR) is 87.2 cm³/mol. The molecule has 2 heterocycles. The van der Waals surface area contributed by atoms with Gasteiger partial charge in [-0.25, -0.2) is 4.39 Å². The van der Waals surface area contributed by atoms with Crippen LogP contribution in [0.2, 0.25) is 0 Å². The van der Waals surface area contributed by atoms with E-state index in [1.165, 1.54) is 12.1 Å². The van der Waals surface area contributed by atoms with Crippen molar-refractivity contribution in [3.05, 3.63) is 46.3 Å². The number of benzene rings is 1. The van der Waals surface area contributed by atoms with Gasteiger partial charge in [-0.2, -0.15) is 0 Å². The number of nitro benzene ring substituents is 1. The minimum absolute atomic E-state index is 0.0876. The highest BCUT2D eigenvalue weighted by molar-refractivity contribution is 5.64. The summed E-state index contributed by atoms with van der Waals surface area (Å²) in [6.07, 6.45) is 3.43. The van der Waals surface area contributed by atoms with E-state index in [1.807, 2.05) is 9.47 Å². The van der Waals surface area contributed by atoms with Crippen LogP contribution in [0.3, 0.4) is 0 Å². The number of aromatic nitrogens is 3. The van der Waals surface area contributed by atoms with Gasteiger partial charge in [-0.05, 0) is 30.9 Å². The molecule has 2 aromatic rings. The van der Waals surface area contributed by atoms with Gasteiger partial charge < -0.3 is 9.47 Å². The van der Waals surface area contributed by atoms with Crippen molar-refractivity contribution in [3.8, 4) is 0 Å². The molecule has 1 aliphatic heterocycles. The molecule has 0 bridgehead atoms. The van der Waals surface area contributed by atoms with Crippen LogP contribution < -0.4 is 4.90 Å². The van der Waals surface area contributed by atoms with E-state index in [1.54, 1.807) is 6.33 Å². The number of nitro groups is 1. The van der Waals surface area contributed by atoms with E-state index >= 15 is 0 Å². The average Bonchev–Trinajstić information content (AvgIpc) is 3.15. The van der Waals surface area contributed by atoms with Crippen LogP contribution in [-0.2, 0) is 6.54 Å². The SMILES string of the molecule is CC(C)Cn1cnnc1C1CCCN1c1ccc(F)cc1[N+](=O)[O-]. The van der Waals surface area contributed by atoms with Crippen LogP contribution in [0.15, 0.2) is 24.5 Å². The highest BCUT2D eigenvalue weighted by Crippen LogP contribution is 2.40. The maximum absolute atomic E-state index is 13.4. The zero-order valence-electron chi connectivity index (χ0n) is 13.7. The topological polar surface area (TPSA) is 77.1 Å². The first kappa shape index (κ1) is 16.4. The summed E-state index contributed by atoms with van der Waals surface area (Å²) in [6.45, 7) is 5.69. The molecule has 8 heteroatoms. The van der Waals surface area contributed by atoms with Crippen molar-refractivity contribution in [1.29, 1.82) is 0 Å². The van der Waals surface area contributed by atoms with Crippen molar-refractivity contribution >= 4 is 11.4 Å². The van der Waals surface area contributed by atoms with Gasteiger partial charge in [0.05, 0.1) is 17.0 Å². The lowest BCUT2D eigenvalue weighted by Crippen LogP contribution is -2.26. The van der Waals surface area contributed by atoms with Crippen LogP contribution in [-0.4, -0.2) is 26.2 Å². The lowest BCUT2D eigenvalue weighted by atomic mass is 10.1. The number of nitrogens with zero attached hydrogens (tertiary/aromatic N) is 5. The Balaban J connectivity index is 1.98. The molecule has 0 radical (unpaired) electrons. The fraction of sp³-hybridized carbons (Fsp3) is 0.500. The Hall–Kier alpha value is -2.51. The van der Waals surface area contributed by atoms with Crippen molar-refractivity contribution in [2.75, 3.05) is 11.4 Å². The van der Waals surface area contributed by atoms with Crippen molar-refractivity contribution in [2.45, 2.75) is 39.3 Å². The maximum Gasteiger partial charge on any atom is 0.295 e. The summed E-state index contributed by atoms with van der Waals surface area (Å²) in [6, 6.07) is 3.63. The normalized spacial score (nSPS) is 17.7. The van der Waals surface area contributed by atoms with Crippen molar-refractivity contribution in [1.82, 2.24) is 14.8 Å². The molecule has 128 valence electrons. The van der Waals surface area contributed by atoms with Gasteiger partial charge >= 0.3 is 0 Å². The Morgan fingerprint density at radius 2 is 2.25 bits per heavy atom. The second kappa shape index (κ2) is 6.54. The lowest BCUT2D eigenvalue weighted by molar-refractivity contribution is -0.384. The molecule has 1 aromatic heterocycles. The van der Waals surface area contributed by atoms with Gasteiger partial charge in [0.1, 0.15) is 17.8 Å². The van der Waals surface area contributed by atoms with Gasteiger partial charge in [-0.15, -0.1) is 10.2 Å². The highest BCUT2D eigenvalue weighted by Gasteiger charge is 2.34. The minimum Gasteiger partial charge on any atom is -0.356 e. The van der Waals surface area contributed by atoms with E-state index in [4.69, 9.17) is 0 Å². The molecule has 3 rings (SSSR count). The van der Waals surface area contributed by atoms with Gasteiger partial charge in [-0.3, -0.25) is 10.1 Å². The average molecular weight is 333 g/mol. The molecule has 24 heavy (non-hydrogen) atoms. The third-order valence-electron chi connectivity index (χ3n) is 4.20. The zero-order valence-corrected chi connectivity index (χ0v) is 13.7. The van der Waals surface area contributed by atoms with Gasteiger partial charge in [0.2, 0.25) is 0 Å². The summed E-state index contributed by atoms with van der Waals surface area (Å²) in [5.41, 5.74) is 0.222. The van der Waals surface area contributed by atoms with Crippen molar-refractivity contribution < 1.29 is 9.31 Å². The van der Waals surface area contributed by atoms with Crippen LogP contribution in [0.5, 0.6) is 0 Å². The molecule has 1 atom stereocenters. The molecule has 0 spiro atoms. The molecule has 1 aliphatic rings. The first-order chi connectivity index (χ1) is 11.5. The smallest absolute Gasteiger partial charge is 0.295 e. The van der Waals surface area contributed by atoms with Crippen LogP contribution in [0, 0.1) is 21.8 Å². The monoisotopic (exact) mass is 333 g/mol. The Morgan fingerprint density at radius 1 is 1.46 bits per heavy atom. The summed E-state index contributed by atoms with van der Waals surface area (Å²) in [5, 5.41) is 19.6. The molecule has 0 amide bonds. The Labute approximate surface area is 139 Å². The van der Waals surface area contributed by atoms with Crippen molar-refractivity contribution in [3.63, 3.8) is 0 Å². The van der Waals surface area contributed by atoms with E-state index in [0.29, 0.717) is 18.2 Å².